The van der Waals surface area contributed by atoms with Gasteiger partial charge in [0.2, 0.25) is 0 Å². The van der Waals surface area contributed by atoms with Crippen molar-refractivity contribution in [3.63, 3.8) is 0 Å². The molecular weight excluding hydrogens is 701 g/mol. The lowest BCUT2D eigenvalue weighted by Gasteiger charge is -2.12. The largest absolute Gasteiger partial charge is 0.231 e. The minimum atomic E-state index is 0.700. The van der Waals surface area contributed by atoms with Crippen molar-refractivity contribution in [2.24, 2.45) is 0 Å². The van der Waals surface area contributed by atoms with E-state index in [1.165, 1.54) is 25.6 Å². The molecule has 0 bridgehead atoms. The maximum Gasteiger partial charge on any atom is 0.160 e. The zero-order valence-electron chi connectivity index (χ0n) is 30.2. The van der Waals surface area contributed by atoms with Crippen LogP contribution in [-0.2, 0) is 0 Å². The van der Waals surface area contributed by atoms with E-state index in [1.807, 2.05) is 17.4 Å². The van der Waals surface area contributed by atoms with Crippen molar-refractivity contribution in [1.29, 1.82) is 0 Å². The average Bonchev–Trinajstić information content (AvgIpc) is 3.86. The molecule has 0 aliphatic rings. The summed E-state index contributed by atoms with van der Waals surface area (Å²) in [4.78, 5) is 10.5. The van der Waals surface area contributed by atoms with Crippen LogP contribution in [0.15, 0.2) is 194 Å². The number of rotatable bonds is 6. The van der Waals surface area contributed by atoms with Crippen LogP contribution in [0.3, 0.4) is 0 Å². The third-order valence-corrected chi connectivity index (χ3v) is 11.8. The first-order chi connectivity index (χ1) is 27.7. The van der Waals surface area contributed by atoms with Crippen molar-refractivity contribution in [3.05, 3.63) is 194 Å². The summed E-state index contributed by atoms with van der Waals surface area (Å²) in [6, 6.07) is 68.4. The molecular formula is C51H32N4S. The van der Waals surface area contributed by atoms with Gasteiger partial charge in [0.25, 0.3) is 0 Å². The fraction of sp³-hybridized carbons (Fsp3) is 0. The molecule has 4 aromatic heterocycles. The van der Waals surface area contributed by atoms with Crippen molar-refractivity contribution in [2.45, 2.75) is 0 Å². The minimum absolute atomic E-state index is 0.700. The van der Waals surface area contributed by atoms with Crippen LogP contribution in [-0.4, -0.2) is 19.6 Å². The van der Waals surface area contributed by atoms with Crippen LogP contribution in [0.1, 0.15) is 0 Å². The summed E-state index contributed by atoms with van der Waals surface area (Å²) in [6.07, 6.45) is 0. The summed E-state index contributed by atoms with van der Waals surface area (Å²) < 4.78 is 4.65. The van der Waals surface area contributed by atoms with Gasteiger partial charge in [0.1, 0.15) is 5.69 Å². The fourth-order valence-corrected chi connectivity index (χ4v) is 9.10. The molecule has 56 heavy (non-hydrogen) atoms. The second kappa shape index (κ2) is 13.3. The van der Waals surface area contributed by atoms with E-state index in [0.29, 0.717) is 5.82 Å². The van der Waals surface area contributed by atoms with Crippen molar-refractivity contribution in [3.8, 4) is 67.5 Å². The molecule has 262 valence electrons. The molecule has 11 rings (SSSR count). The molecule has 0 unspecified atom stereocenters. The molecule has 5 heteroatoms. The molecule has 0 aliphatic carbocycles. The summed E-state index contributed by atoms with van der Waals surface area (Å²) in [5, 5.41) is 10.3. The number of fused-ring (bicyclic) bond motifs is 6. The van der Waals surface area contributed by atoms with E-state index in [1.54, 1.807) is 0 Å². The monoisotopic (exact) mass is 732 g/mol. The van der Waals surface area contributed by atoms with Gasteiger partial charge in [0, 0.05) is 58.9 Å². The third-order valence-electron chi connectivity index (χ3n) is 10.6. The van der Waals surface area contributed by atoms with Crippen LogP contribution in [0, 0.1) is 0 Å². The molecule has 0 aliphatic heterocycles. The predicted octanol–water partition coefficient (Wildman–Crippen LogP) is 13.6. The van der Waals surface area contributed by atoms with Crippen molar-refractivity contribution in [1.82, 2.24) is 19.6 Å². The van der Waals surface area contributed by atoms with Crippen molar-refractivity contribution < 1.29 is 0 Å². The van der Waals surface area contributed by atoms with E-state index < -0.39 is 0 Å². The highest BCUT2D eigenvalue weighted by molar-refractivity contribution is 7.25. The first kappa shape index (κ1) is 32.2. The summed E-state index contributed by atoms with van der Waals surface area (Å²) in [6.45, 7) is 0. The lowest BCUT2D eigenvalue weighted by atomic mass is 9.95. The van der Waals surface area contributed by atoms with Gasteiger partial charge in [-0.05, 0) is 41.3 Å². The molecule has 0 N–H and O–H groups in total. The van der Waals surface area contributed by atoms with Crippen LogP contribution in [0.25, 0.3) is 104 Å². The van der Waals surface area contributed by atoms with E-state index in [4.69, 9.17) is 15.1 Å². The van der Waals surface area contributed by atoms with Gasteiger partial charge >= 0.3 is 0 Å². The SMILES string of the molecule is c1ccc(-c2cc(-c3cccc(-c4c(-c5ccccc5)nn5c(-c6ccccc6)cc6ccccc6c45)c3)nc(-c3ccc4c(c3)sc3ccccc34)n2)cc1. The van der Waals surface area contributed by atoms with Crippen molar-refractivity contribution in [2.75, 3.05) is 0 Å². The molecule has 0 atom stereocenters. The second-order valence-electron chi connectivity index (χ2n) is 14.1. The maximum absolute atomic E-state index is 5.43. The Kier molecular flexibility index (Phi) is 7.64. The van der Waals surface area contributed by atoms with Gasteiger partial charge in [-0.3, -0.25) is 0 Å². The molecule has 4 nitrogen and oxygen atoms in total. The highest BCUT2D eigenvalue weighted by Crippen LogP contribution is 2.42. The Morgan fingerprint density at radius 3 is 1.79 bits per heavy atom. The Morgan fingerprint density at radius 1 is 0.393 bits per heavy atom. The molecule has 0 saturated carbocycles. The van der Waals surface area contributed by atoms with Gasteiger partial charge in [0.05, 0.1) is 22.6 Å². The van der Waals surface area contributed by atoms with Crippen LogP contribution in [0.5, 0.6) is 0 Å². The smallest absolute Gasteiger partial charge is 0.160 e. The molecule has 0 fully saturated rings. The van der Waals surface area contributed by atoms with E-state index >= 15 is 0 Å². The molecule has 11 aromatic rings. The standard InChI is InChI=1S/C51H32N4S/c1-4-15-33(16-5-1)43-32-44(53-51(52-43)39-27-28-42-41-25-12-13-26-46(41)56-47(42)31-39)37-22-14-23-38(29-37)48-49(35-19-8-3-9-20-35)54-55-45(34-17-6-2-7-18-34)30-36-21-10-11-24-40(36)50(48)55/h1-32H. The number of benzene rings is 7. The van der Waals surface area contributed by atoms with Crippen LogP contribution >= 0.6 is 11.3 Å². The number of aromatic nitrogens is 4. The minimum Gasteiger partial charge on any atom is -0.231 e. The molecule has 0 amide bonds. The van der Waals surface area contributed by atoms with Crippen LogP contribution in [0.2, 0.25) is 0 Å². The Balaban J connectivity index is 1.14. The van der Waals surface area contributed by atoms with Crippen LogP contribution in [0.4, 0.5) is 0 Å². The van der Waals surface area contributed by atoms with Gasteiger partial charge in [-0.2, -0.15) is 5.10 Å². The Bertz CT molecular complexity index is 3240. The topological polar surface area (TPSA) is 43.1 Å². The number of nitrogens with zero attached hydrogens (tertiary/aromatic N) is 4. The fourth-order valence-electron chi connectivity index (χ4n) is 7.95. The molecule has 0 spiro atoms. The molecule has 0 radical (unpaired) electrons. The summed E-state index contributed by atoms with van der Waals surface area (Å²) in [5.74, 6) is 0.700. The van der Waals surface area contributed by atoms with E-state index in [2.05, 4.69) is 193 Å². The Morgan fingerprint density at radius 2 is 1.00 bits per heavy atom. The average molecular weight is 733 g/mol. The lowest BCUT2D eigenvalue weighted by molar-refractivity contribution is 0.979. The first-order valence-electron chi connectivity index (χ1n) is 18.8. The Hall–Kier alpha value is -7.21. The second-order valence-corrected chi connectivity index (χ2v) is 15.1. The molecule has 4 heterocycles. The first-order valence-corrected chi connectivity index (χ1v) is 19.6. The number of hydrogen-bond acceptors (Lipinski definition) is 4. The maximum atomic E-state index is 5.43. The van der Waals surface area contributed by atoms with Crippen molar-refractivity contribution >= 4 is 47.8 Å². The zero-order chi connectivity index (χ0) is 37.0. The third kappa shape index (κ3) is 5.48. The zero-order valence-corrected chi connectivity index (χ0v) is 31.0. The predicted molar refractivity (Wildman–Crippen MR) is 234 cm³/mol. The number of hydrogen-bond donors (Lipinski definition) is 0. The van der Waals surface area contributed by atoms with Gasteiger partial charge in [-0.25, -0.2) is 14.5 Å². The quantitative estimate of drug-likeness (QED) is 0.171. The van der Waals surface area contributed by atoms with E-state index in [-0.39, 0.29) is 0 Å². The van der Waals surface area contributed by atoms with Gasteiger partial charge < -0.3 is 0 Å². The Labute approximate surface area is 327 Å². The molecule has 7 aromatic carbocycles. The van der Waals surface area contributed by atoms with E-state index in [0.717, 1.165) is 72.6 Å². The van der Waals surface area contributed by atoms with E-state index in [9.17, 15) is 0 Å². The van der Waals surface area contributed by atoms with Crippen LogP contribution < -0.4 is 0 Å². The number of pyridine rings is 1. The van der Waals surface area contributed by atoms with Gasteiger partial charge in [0.15, 0.2) is 5.82 Å². The number of thiophene rings is 1. The normalized spacial score (nSPS) is 11.6. The highest BCUT2D eigenvalue weighted by Gasteiger charge is 2.22. The summed E-state index contributed by atoms with van der Waals surface area (Å²) >= 11 is 1.81. The summed E-state index contributed by atoms with van der Waals surface area (Å²) in [7, 11) is 0. The van der Waals surface area contributed by atoms with Gasteiger partial charge in [-0.1, -0.05) is 164 Å². The highest BCUT2D eigenvalue weighted by atomic mass is 32.1. The molecule has 0 saturated heterocycles. The summed E-state index contributed by atoms with van der Waals surface area (Å²) in [5.41, 5.74) is 12.2. The van der Waals surface area contributed by atoms with Gasteiger partial charge in [-0.15, -0.1) is 11.3 Å². The lowest BCUT2D eigenvalue weighted by Crippen LogP contribution is -1.96.